The van der Waals surface area contributed by atoms with E-state index in [9.17, 15) is 9.59 Å². The molecule has 102 valence electrons. The predicted molar refractivity (Wildman–Crippen MR) is 75.1 cm³/mol. The van der Waals surface area contributed by atoms with E-state index in [4.69, 9.17) is 21.4 Å². The number of hydrogen-bond donors (Lipinski definition) is 1. The van der Waals surface area contributed by atoms with Gasteiger partial charge in [0.2, 0.25) is 5.78 Å². The van der Waals surface area contributed by atoms with Crippen molar-refractivity contribution in [3.63, 3.8) is 0 Å². The van der Waals surface area contributed by atoms with Gasteiger partial charge >= 0.3 is 5.97 Å². The summed E-state index contributed by atoms with van der Waals surface area (Å²) < 4.78 is 5.42. The average Bonchev–Trinajstić information content (AvgIpc) is 3.05. The number of carboxylic acid groups (broad SMARTS) is 1. The zero-order chi connectivity index (χ0) is 14.3. The number of carbonyl (C=O) groups is 2. The zero-order valence-corrected chi connectivity index (χ0v) is 11.7. The van der Waals surface area contributed by atoms with Gasteiger partial charge in [0.1, 0.15) is 18.3 Å². The number of ketones is 1. The van der Waals surface area contributed by atoms with E-state index in [-0.39, 0.29) is 12.4 Å². The molecule has 3 rings (SSSR count). The third-order valence-corrected chi connectivity index (χ3v) is 4.23. The molecular weight excluding hydrogens is 300 g/mol. The molecule has 0 bridgehead atoms. The molecule has 6 heteroatoms. The Hall–Kier alpha value is -1.85. The molecular formula is C14H9ClO4S. The molecule has 1 N–H and O–H groups in total. The highest BCUT2D eigenvalue weighted by Crippen LogP contribution is 2.40. The Morgan fingerprint density at radius 1 is 1.40 bits per heavy atom. The molecule has 1 atom stereocenters. The van der Waals surface area contributed by atoms with Gasteiger partial charge in [-0.3, -0.25) is 9.59 Å². The van der Waals surface area contributed by atoms with Gasteiger partial charge in [0.05, 0.1) is 10.4 Å². The van der Waals surface area contributed by atoms with E-state index in [0.29, 0.717) is 26.8 Å². The lowest BCUT2D eigenvalue weighted by atomic mass is 9.97. The molecule has 2 aromatic rings. The smallest absolute Gasteiger partial charge is 0.314 e. The summed E-state index contributed by atoms with van der Waals surface area (Å²) in [6.07, 6.45) is 0. The zero-order valence-electron chi connectivity index (χ0n) is 10.1. The van der Waals surface area contributed by atoms with Crippen LogP contribution in [0.5, 0.6) is 5.75 Å². The minimum atomic E-state index is -0.986. The maximum absolute atomic E-state index is 12.4. The van der Waals surface area contributed by atoms with E-state index in [0.717, 1.165) is 0 Å². The minimum absolute atomic E-state index is 0.0235. The lowest BCUT2D eigenvalue weighted by molar-refractivity contribution is -0.138. The van der Waals surface area contributed by atoms with E-state index in [1.165, 1.54) is 17.4 Å². The molecule has 1 aromatic carbocycles. The molecule has 0 fully saturated rings. The van der Waals surface area contributed by atoms with Gasteiger partial charge in [0.25, 0.3) is 0 Å². The Bertz CT molecular complexity index is 693. The Morgan fingerprint density at radius 3 is 2.85 bits per heavy atom. The molecule has 2 heterocycles. The van der Waals surface area contributed by atoms with Crippen molar-refractivity contribution in [3.8, 4) is 5.75 Å². The lowest BCUT2D eigenvalue weighted by Crippen LogP contribution is -2.12. The number of thiophene rings is 1. The first kappa shape index (κ1) is 13.1. The molecule has 0 amide bonds. The summed E-state index contributed by atoms with van der Waals surface area (Å²) in [7, 11) is 0. The van der Waals surface area contributed by atoms with Crippen molar-refractivity contribution in [2.24, 2.45) is 0 Å². The highest BCUT2D eigenvalue weighted by atomic mass is 35.5. The number of hydrogen-bond acceptors (Lipinski definition) is 4. The van der Waals surface area contributed by atoms with Crippen LogP contribution in [0.3, 0.4) is 0 Å². The molecule has 1 aromatic heterocycles. The third kappa shape index (κ3) is 2.09. The fourth-order valence-corrected chi connectivity index (χ4v) is 3.11. The van der Waals surface area contributed by atoms with Crippen LogP contribution in [0.1, 0.15) is 26.7 Å². The molecule has 0 saturated heterocycles. The Labute approximate surface area is 123 Å². The average molecular weight is 309 g/mol. The quantitative estimate of drug-likeness (QED) is 0.884. The monoisotopic (exact) mass is 308 g/mol. The van der Waals surface area contributed by atoms with Gasteiger partial charge in [0.15, 0.2) is 0 Å². The van der Waals surface area contributed by atoms with E-state index < -0.39 is 11.9 Å². The molecule has 1 aliphatic heterocycles. The maximum atomic E-state index is 12.4. The Kier molecular flexibility index (Phi) is 3.23. The number of fused-ring (bicyclic) bond motifs is 1. The number of halogens is 1. The summed E-state index contributed by atoms with van der Waals surface area (Å²) in [4.78, 5) is 24.2. The van der Waals surface area contributed by atoms with Crippen LogP contribution in [0.2, 0.25) is 5.02 Å². The second-order valence-electron chi connectivity index (χ2n) is 4.38. The maximum Gasteiger partial charge on any atom is 0.314 e. The van der Waals surface area contributed by atoms with Crippen molar-refractivity contribution in [1.29, 1.82) is 0 Å². The SMILES string of the molecule is O=C(c1cccs1)c1cc(Cl)cc2c1OC[C@H]2C(=O)O. The molecule has 1 aliphatic rings. The number of benzene rings is 1. The van der Waals surface area contributed by atoms with Crippen molar-refractivity contribution >= 4 is 34.7 Å². The second-order valence-corrected chi connectivity index (χ2v) is 5.76. The number of ether oxygens (including phenoxy) is 1. The number of carbonyl (C=O) groups excluding carboxylic acids is 1. The first-order valence-corrected chi connectivity index (χ1v) is 7.11. The van der Waals surface area contributed by atoms with Gasteiger partial charge in [-0.25, -0.2) is 0 Å². The summed E-state index contributed by atoms with van der Waals surface area (Å²) in [5.74, 6) is -1.64. The molecule has 4 nitrogen and oxygen atoms in total. The fourth-order valence-electron chi connectivity index (χ4n) is 2.20. The van der Waals surface area contributed by atoms with Gasteiger partial charge in [0, 0.05) is 10.6 Å². The van der Waals surface area contributed by atoms with Crippen LogP contribution >= 0.6 is 22.9 Å². The molecule has 0 radical (unpaired) electrons. The largest absolute Gasteiger partial charge is 0.491 e. The Balaban J connectivity index is 2.12. The van der Waals surface area contributed by atoms with Gasteiger partial charge < -0.3 is 9.84 Å². The summed E-state index contributed by atoms with van der Waals surface area (Å²) in [6.45, 7) is 0.0235. The highest BCUT2D eigenvalue weighted by Gasteiger charge is 2.34. The molecule has 0 saturated carbocycles. The lowest BCUT2D eigenvalue weighted by Gasteiger charge is -2.07. The normalized spacial score (nSPS) is 16.6. The Morgan fingerprint density at radius 2 is 2.20 bits per heavy atom. The summed E-state index contributed by atoms with van der Waals surface area (Å²) >= 11 is 7.33. The van der Waals surface area contributed by atoms with Crippen LogP contribution in [-0.2, 0) is 4.79 Å². The van der Waals surface area contributed by atoms with Gasteiger partial charge in [-0.05, 0) is 23.6 Å². The number of aliphatic carboxylic acids is 1. The van der Waals surface area contributed by atoms with Crippen LogP contribution in [0.15, 0.2) is 29.6 Å². The second kappa shape index (κ2) is 4.92. The van der Waals surface area contributed by atoms with Crippen molar-refractivity contribution in [3.05, 3.63) is 50.7 Å². The number of rotatable bonds is 3. The van der Waals surface area contributed by atoms with Crippen molar-refractivity contribution in [2.75, 3.05) is 6.61 Å². The fraction of sp³-hybridized carbons (Fsp3) is 0.143. The summed E-state index contributed by atoms with van der Waals surface area (Å²) in [5.41, 5.74) is 0.781. The van der Waals surface area contributed by atoms with E-state index in [1.807, 2.05) is 0 Å². The van der Waals surface area contributed by atoms with E-state index in [1.54, 1.807) is 23.6 Å². The van der Waals surface area contributed by atoms with Crippen molar-refractivity contribution in [1.82, 2.24) is 0 Å². The molecule has 0 unspecified atom stereocenters. The van der Waals surface area contributed by atoms with Crippen LogP contribution in [0, 0.1) is 0 Å². The van der Waals surface area contributed by atoms with E-state index in [2.05, 4.69) is 0 Å². The van der Waals surface area contributed by atoms with Crippen LogP contribution < -0.4 is 4.74 Å². The van der Waals surface area contributed by atoms with Crippen LogP contribution in [0.25, 0.3) is 0 Å². The van der Waals surface area contributed by atoms with Gasteiger partial charge in [-0.2, -0.15) is 0 Å². The van der Waals surface area contributed by atoms with Crippen LogP contribution in [-0.4, -0.2) is 23.5 Å². The first-order chi connectivity index (χ1) is 9.58. The summed E-state index contributed by atoms with van der Waals surface area (Å²) in [6, 6.07) is 6.56. The van der Waals surface area contributed by atoms with Crippen molar-refractivity contribution < 1.29 is 19.4 Å². The topological polar surface area (TPSA) is 63.6 Å². The third-order valence-electron chi connectivity index (χ3n) is 3.14. The first-order valence-electron chi connectivity index (χ1n) is 5.85. The molecule has 20 heavy (non-hydrogen) atoms. The van der Waals surface area contributed by atoms with Gasteiger partial charge in [-0.15, -0.1) is 11.3 Å². The highest BCUT2D eigenvalue weighted by molar-refractivity contribution is 7.12. The minimum Gasteiger partial charge on any atom is -0.491 e. The van der Waals surface area contributed by atoms with Gasteiger partial charge in [-0.1, -0.05) is 17.7 Å². The number of carboxylic acids is 1. The molecule has 0 spiro atoms. The van der Waals surface area contributed by atoms with Crippen LogP contribution in [0.4, 0.5) is 0 Å². The van der Waals surface area contributed by atoms with E-state index >= 15 is 0 Å². The molecule has 0 aliphatic carbocycles. The standard InChI is InChI=1S/C14H9ClO4S/c15-7-4-8-10(14(17)18)6-19-13(8)9(5-7)12(16)11-2-1-3-20-11/h1-5,10H,6H2,(H,17,18)/t10-/m1/s1. The van der Waals surface area contributed by atoms with Crippen molar-refractivity contribution in [2.45, 2.75) is 5.92 Å². The predicted octanol–water partition coefficient (Wildman–Crippen LogP) is 3.19. The summed E-state index contributed by atoms with van der Waals surface area (Å²) in [5, 5.41) is 11.3.